The molecule has 1 aliphatic carbocycles. The van der Waals surface area contributed by atoms with Crippen molar-refractivity contribution in [1.29, 1.82) is 0 Å². The topological polar surface area (TPSA) is 29.1 Å². The van der Waals surface area contributed by atoms with E-state index in [0.717, 1.165) is 12.1 Å². The van der Waals surface area contributed by atoms with Crippen molar-refractivity contribution in [3.63, 3.8) is 0 Å². The lowest BCUT2D eigenvalue weighted by atomic mass is 10.0. The van der Waals surface area contributed by atoms with Gasteiger partial charge in [0, 0.05) is 5.70 Å². The molecule has 0 spiro atoms. The molecule has 0 radical (unpaired) electrons. The fourth-order valence-corrected chi connectivity index (χ4v) is 0.902. The van der Waals surface area contributed by atoms with Gasteiger partial charge in [-0.1, -0.05) is 19.1 Å². The maximum Gasteiger partial charge on any atom is 0.211 e. The van der Waals surface area contributed by atoms with Crippen molar-refractivity contribution in [2.75, 3.05) is 0 Å². The third-order valence-corrected chi connectivity index (χ3v) is 1.54. The highest BCUT2D eigenvalue weighted by Gasteiger charge is 2.00. The molecule has 0 aliphatic heterocycles. The van der Waals surface area contributed by atoms with Gasteiger partial charge in [-0.15, -0.1) is 0 Å². The van der Waals surface area contributed by atoms with Crippen LogP contribution in [0.5, 0.6) is 0 Å². The summed E-state index contributed by atoms with van der Waals surface area (Å²) in [5.41, 5.74) is 0.910. The Morgan fingerprint density at radius 3 is 3.10 bits per heavy atom. The Morgan fingerprint density at radius 2 is 2.60 bits per heavy atom. The molecule has 1 atom stereocenters. The van der Waals surface area contributed by atoms with Gasteiger partial charge in [-0.3, -0.25) is 4.79 Å². The maximum atomic E-state index is 9.97. The summed E-state index contributed by atoms with van der Waals surface area (Å²) < 4.78 is 0. The predicted molar refractivity (Wildman–Crippen MR) is 40.2 cm³/mol. The summed E-state index contributed by atoms with van der Waals surface area (Å²) in [5.74, 6) is 0.609. The fraction of sp³-hybridized carbons (Fsp3) is 0.375. The summed E-state index contributed by atoms with van der Waals surface area (Å²) in [5, 5.41) is 2.60. The molecule has 1 N–H and O–H groups in total. The molecular weight excluding hydrogens is 126 g/mol. The molecule has 0 heterocycles. The Bertz CT molecular complexity index is 182. The number of nitrogens with one attached hydrogen (secondary N) is 1. The SMILES string of the molecule is CC1C=CC(NC=O)=CC1. The molecular formula is C8H11NO. The first-order valence-electron chi connectivity index (χ1n) is 3.41. The molecule has 2 heteroatoms. The van der Waals surface area contributed by atoms with Gasteiger partial charge in [0.2, 0.25) is 6.41 Å². The number of hydrogen-bond acceptors (Lipinski definition) is 1. The smallest absolute Gasteiger partial charge is 0.211 e. The second-order valence-corrected chi connectivity index (χ2v) is 2.49. The van der Waals surface area contributed by atoms with Crippen molar-refractivity contribution >= 4 is 6.41 Å². The van der Waals surface area contributed by atoms with Crippen molar-refractivity contribution in [3.05, 3.63) is 23.9 Å². The van der Waals surface area contributed by atoms with Crippen molar-refractivity contribution in [2.24, 2.45) is 5.92 Å². The van der Waals surface area contributed by atoms with E-state index in [9.17, 15) is 4.79 Å². The number of allylic oxidation sites excluding steroid dienone is 3. The number of carbonyl (C=O) groups excluding carboxylic acids is 1. The van der Waals surface area contributed by atoms with Crippen LogP contribution in [0.1, 0.15) is 13.3 Å². The van der Waals surface area contributed by atoms with E-state index in [2.05, 4.69) is 18.3 Å². The molecule has 10 heavy (non-hydrogen) atoms. The van der Waals surface area contributed by atoms with Crippen LogP contribution in [0, 0.1) is 5.92 Å². The molecule has 1 amide bonds. The summed E-state index contributed by atoms with van der Waals surface area (Å²) >= 11 is 0. The summed E-state index contributed by atoms with van der Waals surface area (Å²) in [6, 6.07) is 0. The van der Waals surface area contributed by atoms with Gasteiger partial charge in [0.05, 0.1) is 0 Å². The fourth-order valence-electron chi connectivity index (χ4n) is 0.902. The minimum atomic E-state index is 0.609. The van der Waals surface area contributed by atoms with Gasteiger partial charge in [0.1, 0.15) is 0 Å². The molecule has 54 valence electrons. The number of amides is 1. The molecule has 0 aromatic rings. The summed E-state index contributed by atoms with van der Waals surface area (Å²) in [4.78, 5) is 9.97. The second kappa shape index (κ2) is 3.20. The summed E-state index contributed by atoms with van der Waals surface area (Å²) in [6.07, 6.45) is 7.77. The second-order valence-electron chi connectivity index (χ2n) is 2.49. The Hall–Kier alpha value is -1.05. The first kappa shape index (κ1) is 7.06. The molecule has 0 bridgehead atoms. The Balaban J connectivity index is 2.49. The van der Waals surface area contributed by atoms with E-state index in [4.69, 9.17) is 0 Å². The van der Waals surface area contributed by atoms with Crippen LogP contribution in [0.2, 0.25) is 0 Å². The zero-order chi connectivity index (χ0) is 7.40. The normalized spacial score (nSPS) is 23.7. The van der Waals surface area contributed by atoms with Crippen LogP contribution in [0.25, 0.3) is 0 Å². The molecule has 0 saturated heterocycles. The van der Waals surface area contributed by atoms with Crippen molar-refractivity contribution in [3.8, 4) is 0 Å². The van der Waals surface area contributed by atoms with Gasteiger partial charge in [0.25, 0.3) is 0 Å². The van der Waals surface area contributed by atoms with Crippen LogP contribution >= 0.6 is 0 Å². The van der Waals surface area contributed by atoms with Crippen LogP contribution in [-0.2, 0) is 4.79 Å². The largest absolute Gasteiger partial charge is 0.329 e. The van der Waals surface area contributed by atoms with Gasteiger partial charge in [-0.05, 0) is 18.4 Å². The molecule has 0 fully saturated rings. The van der Waals surface area contributed by atoms with E-state index < -0.39 is 0 Å². The van der Waals surface area contributed by atoms with E-state index in [-0.39, 0.29) is 0 Å². The minimum Gasteiger partial charge on any atom is -0.329 e. The molecule has 1 rings (SSSR count). The zero-order valence-electron chi connectivity index (χ0n) is 6.00. The van der Waals surface area contributed by atoms with Gasteiger partial charge in [-0.25, -0.2) is 0 Å². The van der Waals surface area contributed by atoms with Crippen LogP contribution in [0.3, 0.4) is 0 Å². The number of rotatable bonds is 2. The van der Waals surface area contributed by atoms with Crippen LogP contribution in [-0.4, -0.2) is 6.41 Å². The molecule has 0 aromatic heterocycles. The molecule has 1 unspecified atom stereocenters. The number of hydrogen-bond donors (Lipinski definition) is 1. The van der Waals surface area contributed by atoms with E-state index in [1.807, 2.05) is 12.2 Å². The lowest BCUT2D eigenvalue weighted by Gasteiger charge is -2.09. The van der Waals surface area contributed by atoms with Crippen LogP contribution in [0.4, 0.5) is 0 Å². The standard InChI is InChI=1S/C8H11NO/c1-7-2-4-8(5-3-7)9-6-10/h2,4-7H,3H2,1H3,(H,9,10). The highest BCUT2D eigenvalue weighted by Crippen LogP contribution is 2.12. The average molecular weight is 137 g/mol. The molecule has 0 saturated carbocycles. The van der Waals surface area contributed by atoms with Gasteiger partial charge < -0.3 is 5.32 Å². The first-order chi connectivity index (χ1) is 4.83. The van der Waals surface area contributed by atoms with E-state index in [1.54, 1.807) is 0 Å². The van der Waals surface area contributed by atoms with Crippen molar-refractivity contribution in [1.82, 2.24) is 5.32 Å². The van der Waals surface area contributed by atoms with Crippen LogP contribution in [0.15, 0.2) is 23.9 Å². The molecule has 1 aliphatic rings. The third-order valence-electron chi connectivity index (χ3n) is 1.54. The van der Waals surface area contributed by atoms with E-state index in [1.165, 1.54) is 0 Å². The monoisotopic (exact) mass is 137 g/mol. The first-order valence-corrected chi connectivity index (χ1v) is 3.41. The maximum absolute atomic E-state index is 9.97. The zero-order valence-corrected chi connectivity index (χ0v) is 6.00. The van der Waals surface area contributed by atoms with Crippen molar-refractivity contribution < 1.29 is 4.79 Å². The van der Waals surface area contributed by atoms with Gasteiger partial charge in [-0.2, -0.15) is 0 Å². The van der Waals surface area contributed by atoms with Gasteiger partial charge in [0.15, 0.2) is 0 Å². The van der Waals surface area contributed by atoms with Gasteiger partial charge >= 0.3 is 0 Å². The summed E-state index contributed by atoms with van der Waals surface area (Å²) in [7, 11) is 0. The van der Waals surface area contributed by atoms with E-state index >= 15 is 0 Å². The minimum absolute atomic E-state index is 0.609. The molecule has 0 aromatic carbocycles. The Labute approximate surface area is 60.6 Å². The summed E-state index contributed by atoms with van der Waals surface area (Å²) in [6.45, 7) is 2.14. The van der Waals surface area contributed by atoms with E-state index in [0.29, 0.717) is 12.3 Å². The van der Waals surface area contributed by atoms with Crippen molar-refractivity contribution in [2.45, 2.75) is 13.3 Å². The quantitative estimate of drug-likeness (QED) is 0.569. The van der Waals surface area contributed by atoms with Crippen LogP contribution < -0.4 is 5.32 Å². The Morgan fingerprint density at radius 1 is 1.80 bits per heavy atom. The average Bonchev–Trinajstić information content (AvgIpc) is 1.95. The predicted octanol–water partition coefficient (Wildman–Crippen LogP) is 1.21. The molecule has 2 nitrogen and oxygen atoms in total. The third kappa shape index (κ3) is 1.72. The highest BCUT2D eigenvalue weighted by atomic mass is 16.1. The highest BCUT2D eigenvalue weighted by molar-refractivity contribution is 5.52. The lowest BCUT2D eigenvalue weighted by Crippen LogP contribution is -2.10. The number of carbonyl (C=O) groups is 1. The Kier molecular flexibility index (Phi) is 2.26. The lowest BCUT2D eigenvalue weighted by molar-refractivity contribution is -0.108.